The average Bonchev–Trinajstić information content (AvgIpc) is 3.37. The van der Waals surface area contributed by atoms with Crippen LogP contribution in [-0.4, -0.2) is 126 Å². The van der Waals surface area contributed by atoms with Crippen LogP contribution in [0, 0.1) is 0 Å². The normalized spacial score (nSPS) is 20.5. The Labute approximate surface area is 300 Å². The fourth-order valence-corrected chi connectivity index (χ4v) is 8.10. The SMILES string of the molecule is CC(C)(O/N=C(\C(=O)N[C@@H]1C(=O)N2C(C(=O)O)=C(C[N+]3(CCNC(=O)c4ccc(O)c(O)c4)CCCCCC3)CS[C@H]12)c1csc(N)n1)C(=O)O. The van der Waals surface area contributed by atoms with E-state index in [1.165, 1.54) is 54.1 Å². The Morgan fingerprint density at radius 1 is 1.12 bits per heavy atom. The van der Waals surface area contributed by atoms with Crippen LogP contribution < -0.4 is 16.4 Å². The molecule has 3 aliphatic rings. The van der Waals surface area contributed by atoms with Crippen molar-refractivity contribution < 1.29 is 53.7 Å². The number of hydrogen-bond acceptors (Lipinski definition) is 13. The van der Waals surface area contributed by atoms with E-state index in [0.717, 1.165) is 50.1 Å². The number of nitrogens with one attached hydrogen (secondary N) is 2. The summed E-state index contributed by atoms with van der Waals surface area (Å²) in [4.78, 5) is 74.4. The number of aromatic nitrogens is 1. The first-order valence-electron chi connectivity index (χ1n) is 16.2. The van der Waals surface area contributed by atoms with Gasteiger partial charge in [0.05, 0.1) is 26.2 Å². The third-order valence-electron chi connectivity index (χ3n) is 9.05. The second-order valence-corrected chi connectivity index (χ2v) is 15.1. The summed E-state index contributed by atoms with van der Waals surface area (Å²) in [7, 11) is 0. The minimum atomic E-state index is -1.79. The highest BCUT2D eigenvalue weighted by atomic mass is 32.2. The maximum Gasteiger partial charge on any atom is 0.352 e. The van der Waals surface area contributed by atoms with Gasteiger partial charge in [-0.3, -0.25) is 19.3 Å². The number of benzene rings is 1. The lowest BCUT2D eigenvalue weighted by Crippen LogP contribution is -2.71. The number of aliphatic carboxylic acids is 2. The Hall–Kier alpha value is -4.88. The Balaban J connectivity index is 1.32. The number of phenols is 2. The molecule has 8 N–H and O–H groups in total. The number of β-lactam (4-membered cyclic amide) rings is 1. The fraction of sp³-hybridized carbons (Fsp3) is 0.469. The number of rotatable bonds is 13. The lowest BCUT2D eigenvalue weighted by atomic mass is 10.0. The number of likely N-dealkylation sites (tertiary alicyclic amines) is 1. The fourth-order valence-electron chi connectivity index (χ4n) is 6.21. The van der Waals surface area contributed by atoms with Gasteiger partial charge in [0.25, 0.3) is 17.7 Å². The molecule has 0 aliphatic carbocycles. The van der Waals surface area contributed by atoms with E-state index in [1.807, 2.05) is 0 Å². The van der Waals surface area contributed by atoms with Crippen LogP contribution in [0.3, 0.4) is 0 Å². The van der Waals surface area contributed by atoms with Gasteiger partial charge in [-0.05, 0) is 57.7 Å². The minimum absolute atomic E-state index is 0.00777. The van der Waals surface area contributed by atoms with Gasteiger partial charge in [-0.2, -0.15) is 0 Å². The number of anilines is 1. The number of thiazole rings is 1. The molecule has 3 amide bonds. The molecule has 0 unspecified atom stereocenters. The number of phenolic OH excluding ortho intramolecular Hbond substituents is 2. The van der Waals surface area contributed by atoms with Crippen molar-refractivity contribution in [2.75, 3.05) is 44.2 Å². The number of nitrogens with two attached hydrogens (primary N) is 1. The van der Waals surface area contributed by atoms with Gasteiger partial charge in [-0.25, -0.2) is 14.6 Å². The van der Waals surface area contributed by atoms with Gasteiger partial charge in [0, 0.05) is 22.3 Å². The molecule has 0 radical (unpaired) electrons. The summed E-state index contributed by atoms with van der Waals surface area (Å²) < 4.78 is 0.504. The number of oxime groups is 1. The number of carbonyl (C=O) groups excluding carboxylic acids is 3. The average molecular weight is 747 g/mol. The number of fused-ring (bicyclic) bond motifs is 1. The van der Waals surface area contributed by atoms with Crippen LogP contribution in [-0.2, 0) is 24.0 Å². The second-order valence-electron chi connectivity index (χ2n) is 13.1. The molecule has 0 spiro atoms. The molecule has 1 aromatic carbocycles. The molecule has 2 saturated heterocycles. The zero-order valence-corrected chi connectivity index (χ0v) is 29.6. The van der Waals surface area contributed by atoms with Crippen molar-refractivity contribution in [2.24, 2.45) is 5.16 Å². The first-order chi connectivity index (χ1) is 24.1. The summed E-state index contributed by atoms with van der Waals surface area (Å²) in [6.45, 7) is 5.09. The zero-order valence-electron chi connectivity index (χ0n) is 28.0. The lowest BCUT2D eigenvalue weighted by Gasteiger charge is -2.50. The monoisotopic (exact) mass is 746 g/mol. The van der Waals surface area contributed by atoms with Crippen LogP contribution >= 0.6 is 23.1 Å². The number of carboxylic acid groups (broad SMARTS) is 2. The summed E-state index contributed by atoms with van der Waals surface area (Å²) in [5.41, 5.74) is 4.17. The molecule has 0 bridgehead atoms. The molecule has 2 aromatic rings. The summed E-state index contributed by atoms with van der Waals surface area (Å²) in [6, 6.07) is 2.70. The maximum absolute atomic E-state index is 13.5. The summed E-state index contributed by atoms with van der Waals surface area (Å²) in [5.74, 6) is -5.02. The highest BCUT2D eigenvalue weighted by Gasteiger charge is 2.55. The molecule has 17 nitrogen and oxygen atoms in total. The molecule has 2 atom stereocenters. The van der Waals surface area contributed by atoms with Crippen molar-refractivity contribution in [1.82, 2.24) is 20.5 Å². The third-order valence-corrected chi connectivity index (χ3v) is 11.1. The van der Waals surface area contributed by atoms with Crippen LogP contribution in [0.4, 0.5) is 5.13 Å². The van der Waals surface area contributed by atoms with E-state index in [-0.39, 0.29) is 40.1 Å². The summed E-state index contributed by atoms with van der Waals surface area (Å²) in [5, 5.41) is 49.2. The van der Waals surface area contributed by atoms with Crippen molar-refractivity contribution in [3.63, 3.8) is 0 Å². The molecular formula is C32H40N7O10S2+. The smallest absolute Gasteiger partial charge is 0.352 e. The molecular weight excluding hydrogens is 707 g/mol. The van der Waals surface area contributed by atoms with Crippen LogP contribution in [0.5, 0.6) is 11.5 Å². The topological polar surface area (TPSA) is 254 Å². The first-order valence-corrected chi connectivity index (χ1v) is 18.1. The molecule has 4 heterocycles. The molecule has 5 rings (SSSR count). The summed E-state index contributed by atoms with van der Waals surface area (Å²) in [6.07, 6.45) is 3.85. The predicted octanol–water partition coefficient (Wildman–Crippen LogP) is 1.28. The number of nitrogens with zero attached hydrogens (tertiary/aromatic N) is 4. The number of hydrogen-bond donors (Lipinski definition) is 7. The largest absolute Gasteiger partial charge is 0.504 e. The van der Waals surface area contributed by atoms with Gasteiger partial charge in [0.1, 0.15) is 29.4 Å². The number of nitrogen functional groups attached to an aromatic ring is 1. The highest BCUT2D eigenvalue weighted by molar-refractivity contribution is 8.00. The molecule has 0 saturated carbocycles. The van der Waals surface area contributed by atoms with Gasteiger partial charge in [0.15, 0.2) is 22.3 Å². The first kappa shape index (κ1) is 37.4. The van der Waals surface area contributed by atoms with E-state index in [1.54, 1.807) is 0 Å². The van der Waals surface area contributed by atoms with E-state index in [2.05, 4.69) is 20.8 Å². The lowest BCUT2D eigenvalue weighted by molar-refractivity contribution is -0.922. The zero-order chi connectivity index (χ0) is 37.1. The van der Waals surface area contributed by atoms with Crippen molar-refractivity contribution in [2.45, 2.75) is 56.5 Å². The molecule has 3 aliphatic heterocycles. The molecule has 2 fully saturated rings. The number of amides is 3. The van der Waals surface area contributed by atoms with E-state index in [0.29, 0.717) is 23.1 Å². The minimum Gasteiger partial charge on any atom is -0.504 e. The predicted molar refractivity (Wildman–Crippen MR) is 186 cm³/mol. The van der Waals surface area contributed by atoms with Crippen molar-refractivity contribution in [1.29, 1.82) is 0 Å². The van der Waals surface area contributed by atoms with Gasteiger partial charge < -0.3 is 46.1 Å². The number of carbonyl (C=O) groups is 5. The Morgan fingerprint density at radius 3 is 2.43 bits per heavy atom. The number of aromatic hydroxyl groups is 2. The molecule has 19 heteroatoms. The van der Waals surface area contributed by atoms with Gasteiger partial charge >= 0.3 is 11.9 Å². The van der Waals surface area contributed by atoms with Gasteiger partial charge in [-0.1, -0.05) is 5.16 Å². The van der Waals surface area contributed by atoms with E-state index < -0.39 is 58.1 Å². The quantitative estimate of drug-likeness (QED) is 0.0502. The van der Waals surface area contributed by atoms with Gasteiger partial charge in [0.2, 0.25) is 5.60 Å². The Bertz CT molecular complexity index is 1780. The standard InChI is InChI=1S/C32H39N7O10S2/c1-32(2,30(47)48)49-37-22(19-16-51-31(33)35-19)26(43)36-23-27(44)38-24(29(45)46)18(15-50-28(23)38)14-39(10-5-3-4-6-11-39)12-9-34-25(42)17-7-8-20(40)21(41)13-17/h7-8,13,16,23,28H,3-6,9-12,14-15H2,1-2H3,(H7-,33,34,35,36,37,40,41,42,43,45,46,47,48)/p+1/t23-,28-/m1/s1. The Morgan fingerprint density at radius 2 is 1.82 bits per heavy atom. The third kappa shape index (κ3) is 8.20. The number of carboxylic acids is 2. The highest BCUT2D eigenvalue weighted by Crippen LogP contribution is 2.41. The van der Waals surface area contributed by atoms with Crippen LogP contribution in [0.2, 0.25) is 0 Å². The van der Waals surface area contributed by atoms with Crippen LogP contribution in [0.1, 0.15) is 55.6 Å². The Kier molecular flexibility index (Phi) is 11.1. The second kappa shape index (κ2) is 15.2. The molecule has 51 heavy (non-hydrogen) atoms. The maximum atomic E-state index is 13.5. The number of quaternary nitrogens is 1. The van der Waals surface area contributed by atoms with E-state index >= 15 is 0 Å². The summed E-state index contributed by atoms with van der Waals surface area (Å²) >= 11 is 2.33. The van der Waals surface area contributed by atoms with Gasteiger partial charge in [-0.15, -0.1) is 23.1 Å². The number of thioether (sulfide) groups is 1. The van der Waals surface area contributed by atoms with E-state index in [4.69, 9.17) is 10.6 Å². The van der Waals surface area contributed by atoms with Crippen molar-refractivity contribution >= 4 is 63.6 Å². The van der Waals surface area contributed by atoms with Crippen LogP contribution in [0.25, 0.3) is 0 Å². The van der Waals surface area contributed by atoms with Crippen LogP contribution in [0.15, 0.2) is 40.0 Å². The van der Waals surface area contributed by atoms with E-state index in [9.17, 15) is 44.4 Å². The molecule has 1 aromatic heterocycles. The molecule has 274 valence electrons. The van der Waals surface area contributed by atoms with Crippen molar-refractivity contribution in [3.8, 4) is 11.5 Å². The van der Waals surface area contributed by atoms with Crippen molar-refractivity contribution in [3.05, 3.63) is 46.1 Å².